The predicted molar refractivity (Wildman–Crippen MR) is 86.5 cm³/mol. The molecule has 1 atom stereocenters. The number of aromatic amines is 1. The lowest BCUT2D eigenvalue weighted by Gasteiger charge is -2.30. The molecule has 3 heterocycles. The molecular weight excluding hydrogens is 333 g/mol. The van der Waals surface area contributed by atoms with Gasteiger partial charge in [0.15, 0.2) is 5.58 Å². The molecule has 0 saturated carbocycles. The van der Waals surface area contributed by atoms with Gasteiger partial charge in [0.1, 0.15) is 17.0 Å². The quantitative estimate of drug-likeness (QED) is 0.750. The molecule has 0 radical (unpaired) electrons. The molecule has 4 rings (SSSR count). The van der Waals surface area contributed by atoms with Crippen LogP contribution in [-0.4, -0.2) is 28.0 Å². The molecule has 1 aliphatic heterocycles. The minimum atomic E-state index is -4.41. The molecule has 0 spiro atoms. The first kappa shape index (κ1) is 16.0. The van der Waals surface area contributed by atoms with Gasteiger partial charge < -0.3 is 14.3 Å². The highest BCUT2D eigenvalue weighted by Crippen LogP contribution is 2.33. The molecule has 8 heteroatoms. The van der Waals surface area contributed by atoms with E-state index in [4.69, 9.17) is 4.42 Å². The van der Waals surface area contributed by atoms with E-state index in [-0.39, 0.29) is 5.92 Å². The number of aromatic nitrogens is 3. The van der Waals surface area contributed by atoms with Gasteiger partial charge in [0.25, 0.3) is 6.01 Å². The van der Waals surface area contributed by atoms with Gasteiger partial charge in [-0.1, -0.05) is 6.07 Å². The van der Waals surface area contributed by atoms with Crippen LogP contribution in [0, 0.1) is 6.92 Å². The number of fused-ring (bicyclic) bond motifs is 1. The van der Waals surface area contributed by atoms with Gasteiger partial charge in [0, 0.05) is 19.0 Å². The molecule has 1 aromatic carbocycles. The lowest BCUT2D eigenvalue weighted by molar-refractivity contribution is -0.141. The molecule has 0 bridgehead atoms. The molecule has 1 fully saturated rings. The molecule has 0 aliphatic carbocycles. The summed E-state index contributed by atoms with van der Waals surface area (Å²) in [5.41, 5.74) is 1.78. The van der Waals surface area contributed by atoms with E-state index >= 15 is 0 Å². The Kier molecular flexibility index (Phi) is 3.70. The monoisotopic (exact) mass is 350 g/mol. The lowest BCUT2D eigenvalue weighted by Crippen LogP contribution is -2.35. The summed E-state index contributed by atoms with van der Waals surface area (Å²) < 4.78 is 44.1. The van der Waals surface area contributed by atoms with Crippen LogP contribution in [0.3, 0.4) is 0 Å². The Morgan fingerprint density at radius 2 is 2.16 bits per heavy atom. The van der Waals surface area contributed by atoms with Crippen molar-refractivity contribution >= 4 is 17.1 Å². The lowest BCUT2D eigenvalue weighted by atomic mass is 9.98. The number of alkyl halides is 3. The van der Waals surface area contributed by atoms with Crippen LogP contribution in [0.2, 0.25) is 0 Å². The van der Waals surface area contributed by atoms with E-state index in [2.05, 4.69) is 15.0 Å². The number of halogens is 3. The van der Waals surface area contributed by atoms with Gasteiger partial charge >= 0.3 is 6.18 Å². The van der Waals surface area contributed by atoms with Crippen LogP contribution in [-0.2, 0) is 6.18 Å². The van der Waals surface area contributed by atoms with Gasteiger partial charge in [-0.05, 0) is 37.5 Å². The molecular formula is C17H17F3N4O. The van der Waals surface area contributed by atoms with Crippen LogP contribution >= 0.6 is 0 Å². The summed E-state index contributed by atoms with van der Waals surface area (Å²) in [6.07, 6.45) is -1.93. The number of imidazole rings is 1. The van der Waals surface area contributed by atoms with Crippen molar-refractivity contribution in [3.05, 3.63) is 41.5 Å². The van der Waals surface area contributed by atoms with Crippen molar-refractivity contribution in [2.24, 2.45) is 0 Å². The molecule has 5 nitrogen and oxygen atoms in total. The summed E-state index contributed by atoms with van der Waals surface area (Å²) in [5, 5.41) is 0. The van der Waals surface area contributed by atoms with Crippen LogP contribution < -0.4 is 4.90 Å². The SMILES string of the molecule is Cc1ccc2oc(N3CCCC(c4ncc(C(F)(F)F)[nH]4)C3)nc2c1. The first-order valence-electron chi connectivity index (χ1n) is 8.14. The minimum absolute atomic E-state index is 0.110. The Bertz CT molecular complexity index is 899. The van der Waals surface area contributed by atoms with E-state index in [0.29, 0.717) is 24.0 Å². The number of hydrogen-bond donors (Lipinski definition) is 1. The molecule has 132 valence electrons. The number of aryl methyl sites for hydroxylation is 1. The van der Waals surface area contributed by atoms with E-state index in [1.807, 2.05) is 30.0 Å². The van der Waals surface area contributed by atoms with Crippen LogP contribution in [0.15, 0.2) is 28.8 Å². The zero-order valence-corrected chi connectivity index (χ0v) is 13.6. The number of hydrogen-bond acceptors (Lipinski definition) is 4. The normalized spacial score (nSPS) is 18.9. The Hall–Kier alpha value is -2.51. The average Bonchev–Trinajstić information content (AvgIpc) is 3.21. The van der Waals surface area contributed by atoms with Crippen LogP contribution in [0.4, 0.5) is 19.2 Å². The molecule has 1 aliphatic rings. The highest BCUT2D eigenvalue weighted by molar-refractivity contribution is 5.75. The Balaban J connectivity index is 1.56. The molecule has 25 heavy (non-hydrogen) atoms. The first-order chi connectivity index (χ1) is 11.9. The number of nitrogens with zero attached hydrogens (tertiary/aromatic N) is 3. The third-order valence-electron chi connectivity index (χ3n) is 4.51. The Labute approximate surface area is 141 Å². The van der Waals surface area contributed by atoms with Crippen LogP contribution in [0.25, 0.3) is 11.1 Å². The van der Waals surface area contributed by atoms with Crippen molar-refractivity contribution in [3.8, 4) is 0 Å². The molecule has 3 aromatic rings. The standard InChI is InChI=1S/C17H17F3N4O/c1-10-4-5-13-12(7-10)22-16(25-13)24-6-2-3-11(9-24)15-21-8-14(23-15)17(18,19)20/h4-5,7-8,11H,2-3,6,9H2,1H3,(H,21,23). The highest BCUT2D eigenvalue weighted by atomic mass is 19.4. The third-order valence-corrected chi connectivity index (χ3v) is 4.51. The summed E-state index contributed by atoms with van der Waals surface area (Å²) in [4.78, 5) is 12.8. The maximum absolute atomic E-state index is 12.8. The predicted octanol–water partition coefficient (Wildman–Crippen LogP) is 4.26. The van der Waals surface area contributed by atoms with Gasteiger partial charge in [-0.25, -0.2) is 4.98 Å². The molecule has 1 unspecified atom stereocenters. The summed E-state index contributed by atoms with van der Waals surface area (Å²) in [7, 11) is 0. The smallest absolute Gasteiger partial charge is 0.423 e. The number of piperidine rings is 1. The van der Waals surface area contributed by atoms with Gasteiger partial charge in [0.05, 0.1) is 6.20 Å². The van der Waals surface area contributed by atoms with Gasteiger partial charge in [-0.2, -0.15) is 18.2 Å². The van der Waals surface area contributed by atoms with Crippen molar-refractivity contribution in [3.63, 3.8) is 0 Å². The fraction of sp³-hybridized carbons (Fsp3) is 0.412. The van der Waals surface area contributed by atoms with Crippen molar-refractivity contribution in [2.45, 2.75) is 31.9 Å². The summed E-state index contributed by atoms with van der Waals surface area (Å²) in [5.74, 6) is 0.255. The molecule has 0 amide bonds. The number of anilines is 1. The van der Waals surface area contributed by atoms with Crippen molar-refractivity contribution < 1.29 is 17.6 Å². The number of rotatable bonds is 2. The van der Waals surface area contributed by atoms with Gasteiger partial charge in [0.2, 0.25) is 0 Å². The van der Waals surface area contributed by atoms with E-state index < -0.39 is 11.9 Å². The molecule has 1 saturated heterocycles. The Morgan fingerprint density at radius 1 is 1.32 bits per heavy atom. The molecule has 2 aromatic heterocycles. The molecule has 1 N–H and O–H groups in total. The number of benzene rings is 1. The topological polar surface area (TPSA) is 58.0 Å². The highest BCUT2D eigenvalue weighted by Gasteiger charge is 2.34. The summed E-state index contributed by atoms with van der Waals surface area (Å²) in [6.45, 7) is 3.27. The zero-order valence-electron chi connectivity index (χ0n) is 13.6. The summed E-state index contributed by atoms with van der Waals surface area (Å²) >= 11 is 0. The van der Waals surface area contributed by atoms with Crippen LogP contribution in [0.1, 0.15) is 35.8 Å². The van der Waals surface area contributed by atoms with E-state index in [1.165, 1.54) is 0 Å². The van der Waals surface area contributed by atoms with Crippen molar-refractivity contribution in [2.75, 3.05) is 18.0 Å². The average molecular weight is 350 g/mol. The number of oxazole rings is 1. The Morgan fingerprint density at radius 3 is 2.92 bits per heavy atom. The van der Waals surface area contributed by atoms with E-state index in [1.54, 1.807) is 0 Å². The second-order valence-electron chi connectivity index (χ2n) is 6.43. The third kappa shape index (κ3) is 3.08. The number of nitrogens with one attached hydrogen (secondary N) is 1. The van der Waals surface area contributed by atoms with E-state index in [9.17, 15) is 13.2 Å². The fourth-order valence-corrected chi connectivity index (χ4v) is 3.22. The van der Waals surface area contributed by atoms with Crippen molar-refractivity contribution in [1.29, 1.82) is 0 Å². The van der Waals surface area contributed by atoms with E-state index in [0.717, 1.165) is 36.7 Å². The first-order valence-corrected chi connectivity index (χ1v) is 8.14. The zero-order chi connectivity index (χ0) is 17.6. The van der Waals surface area contributed by atoms with Gasteiger partial charge in [-0.15, -0.1) is 0 Å². The second kappa shape index (κ2) is 5.79. The maximum Gasteiger partial charge on any atom is 0.432 e. The maximum atomic E-state index is 12.8. The second-order valence-corrected chi connectivity index (χ2v) is 6.43. The summed E-state index contributed by atoms with van der Waals surface area (Å²) in [6, 6.07) is 6.29. The number of H-pyrrole nitrogens is 1. The largest absolute Gasteiger partial charge is 0.432 e. The van der Waals surface area contributed by atoms with Crippen LogP contribution in [0.5, 0.6) is 0 Å². The minimum Gasteiger partial charge on any atom is -0.423 e. The van der Waals surface area contributed by atoms with Crippen molar-refractivity contribution in [1.82, 2.24) is 15.0 Å². The fourth-order valence-electron chi connectivity index (χ4n) is 3.22. The van der Waals surface area contributed by atoms with Gasteiger partial charge in [-0.3, -0.25) is 0 Å².